The molecular formula is C13H11Cl2N3S. The van der Waals surface area contributed by atoms with Gasteiger partial charge in [-0.25, -0.2) is 9.97 Å². The molecule has 2 aromatic rings. The van der Waals surface area contributed by atoms with Crippen LogP contribution in [0.2, 0.25) is 10.2 Å². The van der Waals surface area contributed by atoms with Gasteiger partial charge in [0.2, 0.25) is 0 Å². The Kier molecular flexibility index (Phi) is 3.56. The van der Waals surface area contributed by atoms with Crippen LogP contribution in [0.5, 0.6) is 0 Å². The number of aromatic nitrogens is 2. The van der Waals surface area contributed by atoms with Crippen molar-refractivity contribution in [3.8, 4) is 0 Å². The molecule has 0 fully saturated rings. The summed E-state index contributed by atoms with van der Waals surface area (Å²) >= 11 is 13.6. The van der Waals surface area contributed by atoms with Crippen molar-refractivity contribution in [3.05, 3.63) is 40.0 Å². The average Bonchev–Trinajstić information content (AvgIpc) is 2.84. The molecule has 3 nitrogen and oxygen atoms in total. The van der Waals surface area contributed by atoms with Gasteiger partial charge in [-0.15, -0.1) is 0 Å². The summed E-state index contributed by atoms with van der Waals surface area (Å²) in [6.07, 6.45) is 2.81. The Morgan fingerprint density at radius 3 is 2.58 bits per heavy atom. The van der Waals surface area contributed by atoms with Crippen LogP contribution in [0.3, 0.4) is 0 Å². The van der Waals surface area contributed by atoms with Gasteiger partial charge in [0.25, 0.3) is 0 Å². The zero-order chi connectivity index (χ0) is 13.4. The van der Waals surface area contributed by atoms with Crippen LogP contribution in [-0.2, 0) is 6.42 Å². The molecule has 0 saturated heterocycles. The van der Waals surface area contributed by atoms with Gasteiger partial charge in [-0.05, 0) is 36.9 Å². The molecule has 1 aliphatic rings. The highest BCUT2D eigenvalue weighted by molar-refractivity contribution is 7.98. The summed E-state index contributed by atoms with van der Waals surface area (Å²) in [6.45, 7) is 0.864. The maximum Gasteiger partial charge on any atom is 0.190 e. The lowest BCUT2D eigenvalue weighted by atomic mass is 10.3. The summed E-state index contributed by atoms with van der Waals surface area (Å²) in [6, 6.07) is 7.75. The number of nitrogens with zero attached hydrogens (tertiary/aromatic N) is 3. The molecule has 1 aromatic carbocycles. The fraction of sp³-hybridized carbons (Fsp3) is 0.231. The van der Waals surface area contributed by atoms with E-state index < -0.39 is 0 Å². The lowest BCUT2D eigenvalue weighted by Gasteiger charge is -2.18. The SMILES string of the molecule is CSc1nc(Cl)c2c(n1)N(c1ccc(Cl)cc1)CC2. The molecular weight excluding hydrogens is 301 g/mol. The first kappa shape index (κ1) is 13.0. The monoisotopic (exact) mass is 311 g/mol. The van der Waals surface area contributed by atoms with E-state index in [2.05, 4.69) is 14.9 Å². The predicted molar refractivity (Wildman–Crippen MR) is 81.0 cm³/mol. The average molecular weight is 312 g/mol. The lowest BCUT2D eigenvalue weighted by Crippen LogP contribution is -2.14. The van der Waals surface area contributed by atoms with Crippen LogP contribution in [0, 0.1) is 0 Å². The third kappa shape index (κ3) is 2.40. The molecule has 0 amide bonds. The minimum atomic E-state index is 0.561. The number of fused-ring (bicyclic) bond motifs is 1. The fourth-order valence-corrected chi connectivity index (χ4v) is 2.95. The van der Waals surface area contributed by atoms with Crippen molar-refractivity contribution in [1.82, 2.24) is 9.97 Å². The highest BCUT2D eigenvalue weighted by Gasteiger charge is 2.26. The predicted octanol–water partition coefficient (Wildman–Crippen LogP) is 4.20. The topological polar surface area (TPSA) is 29.0 Å². The smallest absolute Gasteiger partial charge is 0.190 e. The van der Waals surface area contributed by atoms with Crippen molar-refractivity contribution in [2.24, 2.45) is 0 Å². The van der Waals surface area contributed by atoms with E-state index in [0.29, 0.717) is 10.3 Å². The molecule has 1 aliphatic heterocycles. The normalized spacial score (nSPS) is 13.7. The highest BCUT2D eigenvalue weighted by atomic mass is 35.5. The minimum absolute atomic E-state index is 0.561. The van der Waals surface area contributed by atoms with Crippen LogP contribution in [0.4, 0.5) is 11.5 Å². The second kappa shape index (κ2) is 5.19. The van der Waals surface area contributed by atoms with Gasteiger partial charge in [-0.3, -0.25) is 0 Å². The largest absolute Gasteiger partial charge is 0.326 e. The molecule has 6 heteroatoms. The molecule has 1 aromatic heterocycles. The van der Waals surface area contributed by atoms with Gasteiger partial charge in [0.1, 0.15) is 11.0 Å². The Morgan fingerprint density at radius 2 is 1.89 bits per heavy atom. The van der Waals surface area contributed by atoms with Crippen LogP contribution >= 0.6 is 35.0 Å². The van der Waals surface area contributed by atoms with Crippen LogP contribution in [-0.4, -0.2) is 22.8 Å². The molecule has 2 heterocycles. The number of thioether (sulfide) groups is 1. The van der Waals surface area contributed by atoms with Crippen LogP contribution in [0.25, 0.3) is 0 Å². The van der Waals surface area contributed by atoms with Gasteiger partial charge in [0.15, 0.2) is 5.16 Å². The second-order valence-corrected chi connectivity index (χ2v) is 5.75. The molecule has 0 N–H and O–H groups in total. The van der Waals surface area contributed by atoms with Gasteiger partial charge < -0.3 is 4.90 Å². The zero-order valence-corrected chi connectivity index (χ0v) is 12.6. The van der Waals surface area contributed by atoms with Crippen molar-refractivity contribution in [3.63, 3.8) is 0 Å². The summed E-state index contributed by atoms with van der Waals surface area (Å²) in [5.74, 6) is 0.909. The first-order chi connectivity index (χ1) is 9.19. The van der Waals surface area contributed by atoms with Crippen molar-refractivity contribution in [1.29, 1.82) is 0 Å². The molecule has 98 valence electrons. The molecule has 19 heavy (non-hydrogen) atoms. The van der Waals surface area contributed by atoms with Gasteiger partial charge in [-0.1, -0.05) is 35.0 Å². The summed E-state index contributed by atoms with van der Waals surface area (Å²) in [7, 11) is 0. The lowest BCUT2D eigenvalue weighted by molar-refractivity contribution is 0.949. The standard InChI is InChI=1S/C13H11Cl2N3S/c1-19-13-16-11(15)10-6-7-18(12(10)17-13)9-4-2-8(14)3-5-9/h2-5H,6-7H2,1H3. The zero-order valence-electron chi connectivity index (χ0n) is 10.2. The third-order valence-electron chi connectivity index (χ3n) is 3.08. The fourth-order valence-electron chi connectivity index (χ4n) is 2.16. The molecule has 3 rings (SSSR count). The van der Waals surface area contributed by atoms with E-state index in [1.165, 1.54) is 11.8 Å². The van der Waals surface area contributed by atoms with E-state index in [1.807, 2.05) is 30.5 Å². The van der Waals surface area contributed by atoms with Gasteiger partial charge in [-0.2, -0.15) is 0 Å². The molecule has 0 saturated carbocycles. The van der Waals surface area contributed by atoms with E-state index in [9.17, 15) is 0 Å². The number of hydrogen-bond acceptors (Lipinski definition) is 4. The van der Waals surface area contributed by atoms with E-state index in [0.717, 1.165) is 35.1 Å². The van der Waals surface area contributed by atoms with Crippen molar-refractivity contribution < 1.29 is 0 Å². The maximum absolute atomic E-state index is 6.22. The molecule has 0 radical (unpaired) electrons. The highest BCUT2D eigenvalue weighted by Crippen LogP contribution is 2.37. The summed E-state index contributed by atoms with van der Waals surface area (Å²) in [4.78, 5) is 11.0. The van der Waals surface area contributed by atoms with E-state index in [4.69, 9.17) is 23.2 Å². The number of hydrogen-bond donors (Lipinski definition) is 0. The first-order valence-corrected chi connectivity index (χ1v) is 7.80. The van der Waals surface area contributed by atoms with Crippen molar-refractivity contribution in [2.75, 3.05) is 17.7 Å². The summed E-state index contributed by atoms with van der Waals surface area (Å²) < 4.78 is 0. The van der Waals surface area contributed by atoms with Gasteiger partial charge in [0.05, 0.1) is 0 Å². The van der Waals surface area contributed by atoms with Gasteiger partial charge >= 0.3 is 0 Å². The van der Waals surface area contributed by atoms with Crippen molar-refractivity contribution >= 4 is 46.5 Å². The van der Waals surface area contributed by atoms with Crippen LogP contribution in [0.15, 0.2) is 29.4 Å². The maximum atomic E-state index is 6.22. The summed E-state index contributed by atoms with van der Waals surface area (Å²) in [5, 5.41) is 1.99. The Labute approximate surface area is 126 Å². The molecule has 0 bridgehead atoms. The minimum Gasteiger partial charge on any atom is -0.326 e. The Bertz CT molecular complexity index is 616. The Morgan fingerprint density at radius 1 is 1.16 bits per heavy atom. The molecule has 0 spiro atoms. The number of halogens is 2. The number of rotatable bonds is 2. The number of anilines is 2. The van der Waals surface area contributed by atoms with Crippen LogP contribution in [0.1, 0.15) is 5.56 Å². The van der Waals surface area contributed by atoms with Crippen LogP contribution < -0.4 is 4.90 Å². The molecule has 0 aliphatic carbocycles. The van der Waals surface area contributed by atoms with E-state index >= 15 is 0 Å². The molecule has 0 atom stereocenters. The first-order valence-electron chi connectivity index (χ1n) is 5.82. The Balaban J connectivity index is 2.05. The quantitative estimate of drug-likeness (QED) is 0.472. The molecule has 0 unspecified atom stereocenters. The third-order valence-corrected chi connectivity index (χ3v) is 4.19. The van der Waals surface area contributed by atoms with Gasteiger partial charge in [0, 0.05) is 22.8 Å². The van der Waals surface area contributed by atoms with E-state index in [1.54, 1.807) is 0 Å². The second-order valence-electron chi connectivity index (χ2n) is 4.18. The Hall–Kier alpha value is -0.970. The number of benzene rings is 1. The summed E-state index contributed by atoms with van der Waals surface area (Å²) in [5.41, 5.74) is 2.10. The van der Waals surface area contributed by atoms with E-state index in [-0.39, 0.29) is 0 Å². The van der Waals surface area contributed by atoms with Crippen molar-refractivity contribution in [2.45, 2.75) is 11.6 Å².